The third kappa shape index (κ3) is 6.75. The smallest absolute Gasteiger partial charge is 0.0461 e. The van der Waals surface area contributed by atoms with Crippen LogP contribution < -0.4 is 9.80 Å². The van der Waals surface area contributed by atoms with Crippen LogP contribution in [0.15, 0.2) is 145 Å². The lowest BCUT2D eigenvalue weighted by Crippen LogP contribution is -2.35. The number of benzene rings is 5. The normalized spacial score (nSPS) is 17.2. The standard InChI is InChI=1S/C47H50N2/c1-34-9-19-40(20-10-34)48(41-21-11-35(2)12-22-41)44-27-17-39(18-28-44)47(31-7-6-8-32-47)46-30-29-45(33-38(46)5)49(42-23-13-36(3)14-24-42)43-25-15-37(4)16-26-43/h9-30,38H,6-8,31-33H2,1-5H3. The zero-order valence-corrected chi connectivity index (χ0v) is 29.9. The van der Waals surface area contributed by atoms with E-state index in [0.717, 1.165) is 6.42 Å². The third-order valence-corrected chi connectivity index (χ3v) is 10.9. The zero-order valence-electron chi connectivity index (χ0n) is 29.9. The van der Waals surface area contributed by atoms with E-state index >= 15 is 0 Å². The van der Waals surface area contributed by atoms with Crippen LogP contribution in [-0.2, 0) is 5.41 Å². The number of hydrogen-bond acceptors (Lipinski definition) is 2. The molecule has 2 aliphatic carbocycles. The van der Waals surface area contributed by atoms with E-state index in [2.05, 4.69) is 178 Å². The van der Waals surface area contributed by atoms with Gasteiger partial charge in [-0.05, 0) is 125 Å². The van der Waals surface area contributed by atoms with Crippen LogP contribution in [0.5, 0.6) is 0 Å². The van der Waals surface area contributed by atoms with E-state index in [9.17, 15) is 0 Å². The highest BCUT2D eigenvalue weighted by atomic mass is 15.2. The fourth-order valence-electron chi connectivity index (χ4n) is 8.17. The van der Waals surface area contributed by atoms with Crippen molar-refractivity contribution < 1.29 is 0 Å². The van der Waals surface area contributed by atoms with E-state index < -0.39 is 0 Å². The van der Waals surface area contributed by atoms with Crippen molar-refractivity contribution in [2.75, 3.05) is 9.80 Å². The van der Waals surface area contributed by atoms with Gasteiger partial charge in [0.05, 0.1) is 0 Å². The van der Waals surface area contributed by atoms with Gasteiger partial charge in [0.1, 0.15) is 0 Å². The molecular weight excluding hydrogens is 593 g/mol. The van der Waals surface area contributed by atoms with Gasteiger partial charge in [-0.25, -0.2) is 0 Å². The number of allylic oxidation sites excluding steroid dienone is 4. The number of aryl methyl sites for hydroxylation is 4. The highest BCUT2D eigenvalue weighted by Gasteiger charge is 2.40. The molecule has 1 fully saturated rings. The Balaban J connectivity index is 1.27. The van der Waals surface area contributed by atoms with Crippen molar-refractivity contribution in [2.24, 2.45) is 5.92 Å². The summed E-state index contributed by atoms with van der Waals surface area (Å²) < 4.78 is 0. The van der Waals surface area contributed by atoms with Gasteiger partial charge in [-0.2, -0.15) is 0 Å². The summed E-state index contributed by atoms with van der Waals surface area (Å²) in [4.78, 5) is 4.86. The van der Waals surface area contributed by atoms with Gasteiger partial charge in [-0.15, -0.1) is 0 Å². The Morgan fingerprint density at radius 1 is 0.449 bits per heavy atom. The quantitative estimate of drug-likeness (QED) is 0.166. The van der Waals surface area contributed by atoms with E-state index in [-0.39, 0.29) is 5.41 Å². The predicted octanol–water partition coefficient (Wildman–Crippen LogP) is 13.3. The lowest BCUT2D eigenvalue weighted by atomic mass is 9.61. The fraction of sp³-hybridized carbons (Fsp3) is 0.277. The van der Waals surface area contributed by atoms with E-state index in [0.29, 0.717) is 5.92 Å². The zero-order chi connectivity index (χ0) is 34.0. The van der Waals surface area contributed by atoms with Crippen molar-refractivity contribution in [2.45, 2.75) is 78.6 Å². The van der Waals surface area contributed by atoms with Crippen molar-refractivity contribution in [3.05, 3.63) is 173 Å². The van der Waals surface area contributed by atoms with Gasteiger partial charge in [0.2, 0.25) is 0 Å². The average molecular weight is 643 g/mol. The Labute approximate surface area is 294 Å². The molecule has 0 radical (unpaired) electrons. The molecule has 1 unspecified atom stereocenters. The number of anilines is 5. The molecule has 0 saturated heterocycles. The van der Waals surface area contributed by atoms with Crippen LogP contribution in [0.2, 0.25) is 0 Å². The molecular formula is C47H50N2. The minimum absolute atomic E-state index is 0.0648. The molecule has 2 aliphatic rings. The van der Waals surface area contributed by atoms with Crippen LogP contribution in [0.4, 0.5) is 28.4 Å². The van der Waals surface area contributed by atoms with Gasteiger partial charge in [0, 0.05) is 39.5 Å². The van der Waals surface area contributed by atoms with E-state index in [1.165, 1.54) is 94.1 Å². The fourth-order valence-corrected chi connectivity index (χ4v) is 8.17. The maximum absolute atomic E-state index is 2.50. The maximum atomic E-state index is 2.50. The molecule has 7 rings (SSSR count). The topological polar surface area (TPSA) is 6.48 Å². The molecule has 1 atom stereocenters. The third-order valence-electron chi connectivity index (χ3n) is 10.9. The van der Waals surface area contributed by atoms with E-state index in [1.54, 1.807) is 5.57 Å². The molecule has 0 heterocycles. The Morgan fingerprint density at radius 3 is 1.20 bits per heavy atom. The number of hydrogen-bond donors (Lipinski definition) is 0. The van der Waals surface area contributed by atoms with E-state index in [1.807, 2.05) is 0 Å². The summed E-state index contributed by atoms with van der Waals surface area (Å²) in [6.45, 7) is 11.1. The van der Waals surface area contributed by atoms with Gasteiger partial charge >= 0.3 is 0 Å². The molecule has 0 bridgehead atoms. The van der Waals surface area contributed by atoms with Crippen molar-refractivity contribution >= 4 is 28.4 Å². The molecule has 0 spiro atoms. The lowest BCUT2D eigenvalue weighted by molar-refractivity contribution is 0.313. The Bertz CT molecular complexity index is 1830. The van der Waals surface area contributed by atoms with Crippen molar-refractivity contribution in [3.63, 3.8) is 0 Å². The first-order chi connectivity index (χ1) is 23.8. The molecule has 2 nitrogen and oxygen atoms in total. The summed E-state index contributed by atoms with van der Waals surface area (Å²) in [5.41, 5.74) is 15.6. The van der Waals surface area contributed by atoms with Crippen LogP contribution in [0.3, 0.4) is 0 Å². The molecule has 49 heavy (non-hydrogen) atoms. The minimum atomic E-state index is 0.0648. The Kier molecular flexibility index (Phi) is 9.32. The first kappa shape index (κ1) is 32.7. The van der Waals surface area contributed by atoms with Crippen molar-refractivity contribution in [1.82, 2.24) is 0 Å². The van der Waals surface area contributed by atoms with Crippen LogP contribution in [0.1, 0.15) is 73.3 Å². The molecule has 5 aromatic rings. The largest absolute Gasteiger partial charge is 0.314 e. The first-order valence-corrected chi connectivity index (χ1v) is 18.2. The average Bonchev–Trinajstić information content (AvgIpc) is 3.12. The molecule has 0 amide bonds. The molecule has 1 saturated carbocycles. The second kappa shape index (κ2) is 14.0. The van der Waals surface area contributed by atoms with Crippen LogP contribution >= 0.6 is 0 Å². The van der Waals surface area contributed by atoms with Crippen LogP contribution in [0.25, 0.3) is 0 Å². The number of rotatable bonds is 8. The highest BCUT2D eigenvalue weighted by molar-refractivity contribution is 5.77. The number of nitrogens with zero attached hydrogens (tertiary/aromatic N) is 2. The maximum Gasteiger partial charge on any atom is 0.0461 e. The van der Waals surface area contributed by atoms with Crippen molar-refractivity contribution in [1.29, 1.82) is 0 Å². The summed E-state index contributed by atoms with van der Waals surface area (Å²) in [7, 11) is 0. The van der Waals surface area contributed by atoms with Gasteiger partial charge in [0.25, 0.3) is 0 Å². The molecule has 248 valence electrons. The minimum Gasteiger partial charge on any atom is -0.314 e. The summed E-state index contributed by atoms with van der Waals surface area (Å²) >= 11 is 0. The van der Waals surface area contributed by atoms with Gasteiger partial charge < -0.3 is 9.80 Å². The monoisotopic (exact) mass is 642 g/mol. The second-order valence-corrected chi connectivity index (χ2v) is 14.6. The van der Waals surface area contributed by atoms with Gasteiger partial charge in [0.15, 0.2) is 0 Å². The lowest BCUT2D eigenvalue weighted by Gasteiger charge is -2.44. The first-order valence-electron chi connectivity index (χ1n) is 18.2. The second-order valence-electron chi connectivity index (χ2n) is 14.6. The Hall–Kier alpha value is -4.82. The SMILES string of the molecule is Cc1ccc(N(C2=CC=C(C3(c4ccc(N(c5ccc(C)cc5)c5ccc(C)cc5)cc4)CCCCC3)C(C)C2)c2ccc(C)cc2)cc1. The summed E-state index contributed by atoms with van der Waals surface area (Å²) in [6.07, 6.45) is 12.3. The molecule has 5 aromatic carbocycles. The summed E-state index contributed by atoms with van der Waals surface area (Å²) in [5, 5.41) is 0. The molecule has 0 aromatic heterocycles. The molecule has 0 N–H and O–H groups in total. The summed E-state index contributed by atoms with van der Waals surface area (Å²) in [5.74, 6) is 0.438. The highest BCUT2D eigenvalue weighted by Crippen LogP contribution is 2.51. The van der Waals surface area contributed by atoms with Gasteiger partial charge in [-0.3, -0.25) is 0 Å². The summed E-state index contributed by atoms with van der Waals surface area (Å²) in [6, 6.07) is 45.3. The van der Waals surface area contributed by atoms with Crippen molar-refractivity contribution in [3.8, 4) is 0 Å². The van der Waals surface area contributed by atoms with Gasteiger partial charge in [-0.1, -0.05) is 121 Å². The molecule has 2 heteroatoms. The van der Waals surface area contributed by atoms with Crippen LogP contribution in [0, 0.1) is 33.6 Å². The Morgan fingerprint density at radius 2 is 0.816 bits per heavy atom. The van der Waals surface area contributed by atoms with E-state index in [4.69, 9.17) is 0 Å². The predicted molar refractivity (Wildman–Crippen MR) is 210 cm³/mol. The van der Waals surface area contributed by atoms with Crippen LogP contribution in [-0.4, -0.2) is 0 Å². The molecule has 0 aliphatic heterocycles.